The van der Waals surface area contributed by atoms with Gasteiger partial charge >= 0.3 is 6.03 Å². The summed E-state index contributed by atoms with van der Waals surface area (Å²) < 4.78 is 6.47. The zero-order chi connectivity index (χ0) is 41.2. The Balaban J connectivity index is 1.38. The monoisotopic (exact) mass is 783 g/mol. The van der Waals surface area contributed by atoms with E-state index in [0.29, 0.717) is 42.7 Å². The highest BCUT2D eigenvalue weighted by molar-refractivity contribution is 6.32. The van der Waals surface area contributed by atoms with Crippen molar-refractivity contribution in [3.63, 3.8) is 0 Å². The van der Waals surface area contributed by atoms with Gasteiger partial charge in [-0.3, -0.25) is 19.2 Å². The quantitative estimate of drug-likeness (QED) is 0.102. The molecule has 9 nitrogen and oxygen atoms in total. The smallest absolute Gasteiger partial charge is 0.328 e. The van der Waals surface area contributed by atoms with E-state index < -0.39 is 47.1 Å². The highest BCUT2D eigenvalue weighted by Crippen LogP contribution is 2.51. The molecule has 0 aromatic heterocycles. The van der Waals surface area contributed by atoms with Crippen LogP contribution in [-0.2, 0) is 43.0 Å². The van der Waals surface area contributed by atoms with Gasteiger partial charge in [-0.25, -0.2) is 9.69 Å². The first-order chi connectivity index (χ1) is 26.4. The number of halogens is 1. The number of carbonyl (C=O) groups excluding carboxylic acids is 5. The summed E-state index contributed by atoms with van der Waals surface area (Å²) in [6, 6.07) is 17.2. The topological polar surface area (TPSA) is 113 Å². The Kier molecular flexibility index (Phi) is 12.9. The molecule has 2 fully saturated rings. The Bertz CT molecular complexity index is 1970. The summed E-state index contributed by atoms with van der Waals surface area (Å²) in [6.45, 7) is 18.7. The highest BCUT2D eigenvalue weighted by Gasteiger charge is 2.57. The second-order valence-electron chi connectivity index (χ2n) is 16.8. The molecule has 1 saturated heterocycles. The first-order valence-corrected chi connectivity index (χ1v) is 20.5. The Morgan fingerprint density at radius 3 is 2.16 bits per heavy atom. The minimum absolute atomic E-state index is 0.0182. The summed E-state index contributed by atoms with van der Waals surface area (Å²) in [6.07, 6.45) is 2.80. The average molecular weight is 784 g/mol. The van der Waals surface area contributed by atoms with Crippen molar-refractivity contribution in [3.8, 4) is 5.75 Å². The molecule has 0 bridgehead atoms. The van der Waals surface area contributed by atoms with Gasteiger partial charge in [0.05, 0.1) is 0 Å². The number of carbonyl (C=O) groups is 5. The third-order valence-corrected chi connectivity index (χ3v) is 12.8. The van der Waals surface area contributed by atoms with Crippen LogP contribution in [0.3, 0.4) is 0 Å². The number of hydrogen-bond acceptors (Lipinski definition) is 6. The molecule has 0 radical (unpaired) electrons. The molecular weight excluding hydrogens is 726 g/mol. The largest absolute Gasteiger partial charge is 0.480 e. The van der Waals surface area contributed by atoms with Gasteiger partial charge in [-0.1, -0.05) is 109 Å². The van der Waals surface area contributed by atoms with Crippen LogP contribution in [0.1, 0.15) is 123 Å². The fourth-order valence-electron chi connectivity index (χ4n) is 7.33. The molecule has 1 heterocycles. The van der Waals surface area contributed by atoms with Crippen molar-refractivity contribution >= 4 is 46.7 Å². The molecule has 1 aliphatic heterocycles. The fourth-order valence-corrected chi connectivity index (χ4v) is 7.51. The number of amides is 4. The molecule has 3 unspecified atom stereocenters. The van der Waals surface area contributed by atoms with E-state index in [2.05, 4.69) is 59.0 Å². The van der Waals surface area contributed by atoms with Crippen molar-refractivity contribution in [1.29, 1.82) is 0 Å². The number of Topliss-reactive ketones (excluding diaryl/α,β-unsaturated/α-hetero) is 2. The van der Waals surface area contributed by atoms with E-state index >= 15 is 0 Å². The minimum atomic E-state index is -1.59. The molecule has 1 N–H and O–H groups in total. The Hall–Kier alpha value is -4.50. The van der Waals surface area contributed by atoms with E-state index in [1.807, 2.05) is 50.2 Å². The summed E-state index contributed by atoms with van der Waals surface area (Å²) in [5, 5.41) is 3.20. The van der Waals surface area contributed by atoms with E-state index in [1.165, 1.54) is 10.5 Å². The molecule has 3 aromatic rings. The lowest BCUT2D eigenvalue weighted by Crippen LogP contribution is -2.53. The van der Waals surface area contributed by atoms with Crippen LogP contribution < -0.4 is 10.1 Å². The van der Waals surface area contributed by atoms with Gasteiger partial charge in [0, 0.05) is 34.7 Å². The molecule has 300 valence electrons. The molecule has 1 saturated carbocycles. The number of rotatable bonds is 18. The third kappa shape index (κ3) is 8.73. The van der Waals surface area contributed by atoms with Gasteiger partial charge in [0.1, 0.15) is 11.8 Å². The van der Waals surface area contributed by atoms with Crippen molar-refractivity contribution in [2.24, 2.45) is 5.41 Å². The van der Waals surface area contributed by atoms with E-state index in [1.54, 1.807) is 25.1 Å². The van der Waals surface area contributed by atoms with E-state index in [4.69, 9.17) is 16.3 Å². The van der Waals surface area contributed by atoms with Crippen LogP contribution in [0, 0.1) is 5.41 Å². The number of ketones is 2. The molecule has 56 heavy (non-hydrogen) atoms. The van der Waals surface area contributed by atoms with Gasteiger partial charge in [0.2, 0.25) is 0 Å². The van der Waals surface area contributed by atoms with Crippen molar-refractivity contribution in [3.05, 3.63) is 94.0 Å². The molecular formula is C46H58ClN3O6. The lowest BCUT2D eigenvalue weighted by atomic mass is 9.76. The van der Waals surface area contributed by atoms with Crippen LogP contribution in [0.4, 0.5) is 10.5 Å². The number of hydrogen-bond donors (Lipinski definition) is 1. The predicted octanol–water partition coefficient (Wildman–Crippen LogP) is 9.60. The van der Waals surface area contributed by atoms with Crippen molar-refractivity contribution in [1.82, 2.24) is 9.80 Å². The SMILES string of the molecule is CCC(Oc1ccc(C(C)(C)CC)cc1C(C)(C)CC)C(=O)Nc1ccc(Cl)c(CC(=O)C(C(=O)C2(CC)CC2)N2C(=O)C(C)N(Cc3ccccc3)C2=O)c1. The van der Waals surface area contributed by atoms with Gasteiger partial charge in [-0.05, 0) is 97.2 Å². The van der Waals surface area contributed by atoms with Gasteiger partial charge in [-0.2, -0.15) is 0 Å². The number of ether oxygens (including phenoxy) is 1. The molecule has 5 rings (SSSR count). The van der Waals surface area contributed by atoms with Crippen molar-refractivity contribution in [2.75, 3.05) is 5.32 Å². The fraction of sp³-hybridized carbons (Fsp3) is 0.500. The number of anilines is 1. The van der Waals surface area contributed by atoms with Gasteiger partial charge in [0.15, 0.2) is 23.7 Å². The Morgan fingerprint density at radius 1 is 0.911 bits per heavy atom. The molecule has 3 aromatic carbocycles. The normalized spacial score (nSPS) is 17.8. The number of nitrogens with zero attached hydrogens (tertiary/aromatic N) is 2. The molecule has 0 spiro atoms. The number of nitrogens with one attached hydrogen (secondary N) is 1. The zero-order valence-corrected chi connectivity index (χ0v) is 35.2. The summed E-state index contributed by atoms with van der Waals surface area (Å²) in [4.78, 5) is 72.3. The van der Waals surface area contributed by atoms with Crippen LogP contribution >= 0.6 is 11.6 Å². The van der Waals surface area contributed by atoms with Crippen LogP contribution in [0.15, 0.2) is 66.7 Å². The van der Waals surface area contributed by atoms with Crippen LogP contribution in [0.2, 0.25) is 5.02 Å². The summed E-state index contributed by atoms with van der Waals surface area (Å²) in [5.41, 5.74) is 2.86. The Morgan fingerprint density at radius 2 is 1.57 bits per heavy atom. The first-order valence-electron chi connectivity index (χ1n) is 20.1. The number of imide groups is 1. The molecule has 4 amide bonds. The molecule has 2 aliphatic rings. The lowest BCUT2D eigenvalue weighted by Gasteiger charge is -2.31. The zero-order valence-electron chi connectivity index (χ0n) is 34.5. The summed E-state index contributed by atoms with van der Waals surface area (Å²) in [5.74, 6) is -1.31. The van der Waals surface area contributed by atoms with Crippen molar-refractivity contribution < 1.29 is 28.7 Å². The minimum Gasteiger partial charge on any atom is -0.480 e. The maximum absolute atomic E-state index is 14.3. The van der Waals surface area contributed by atoms with E-state index in [9.17, 15) is 24.0 Å². The standard InChI is InChI=1S/C46H58ClN3O6/c1-10-37(56-38-22-19-32(44(6,7)11-2)27-34(38)45(8,9)12-3)41(53)48-33-20-21-35(47)31(25-33)26-36(51)39(40(52)46(13-4)23-24-46)50-42(54)29(5)49(43(50)55)28-30-17-15-14-16-18-30/h14-22,25,27,29,37,39H,10-13,23-24,26,28H2,1-9H3,(H,48,53). The van der Waals surface area contributed by atoms with Gasteiger partial charge < -0.3 is 15.0 Å². The van der Waals surface area contributed by atoms with Crippen molar-refractivity contribution in [2.45, 2.75) is 143 Å². The summed E-state index contributed by atoms with van der Waals surface area (Å²) >= 11 is 6.64. The Labute approximate surface area is 337 Å². The van der Waals surface area contributed by atoms with E-state index in [-0.39, 0.29) is 34.7 Å². The molecule has 10 heteroatoms. The van der Waals surface area contributed by atoms with Crippen LogP contribution in [-0.4, -0.2) is 57.4 Å². The highest BCUT2D eigenvalue weighted by atomic mass is 35.5. The maximum Gasteiger partial charge on any atom is 0.328 e. The summed E-state index contributed by atoms with van der Waals surface area (Å²) in [7, 11) is 0. The average Bonchev–Trinajstić information content (AvgIpc) is 3.96. The van der Waals surface area contributed by atoms with E-state index in [0.717, 1.165) is 28.9 Å². The maximum atomic E-state index is 14.3. The third-order valence-electron chi connectivity index (χ3n) is 12.4. The van der Waals surface area contributed by atoms with Crippen LogP contribution in [0.5, 0.6) is 5.75 Å². The van der Waals surface area contributed by atoms with Gasteiger partial charge in [0.25, 0.3) is 11.8 Å². The second kappa shape index (κ2) is 16.9. The first kappa shape index (κ1) is 42.6. The lowest BCUT2D eigenvalue weighted by molar-refractivity contribution is -0.143. The molecule has 1 aliphatic carbocycles. The number of urea groups is 1. The van der Waals surface area contributed by atoms with Gasteiger partial charge in [-0.15, -0.1) is 0 Å². The van der Waals surface area contributed by atoms with Crippen LogP contribution in [0.25, 0.3) is 0 Å². The number of benzene rings is 3. The second-order valence-corrected chi connectivity index (χ2v) is 17.2. The molecule has 3 atom stereocenters. The predicted molar refractivity (Wildman–Crippen MR) is 221 cm³/mol.